The third kappa shape index (κ3) is 1.94. The van der Waals surface area contributed by atoms with E-state index in [4.69, 9.17) is 4.74 Å². The molecule has 1 saturated heterocycles. The molecule has 0 aromatic carbocycles. The largest absolute Gasteiger partial charge is 0.374 e. The highest BCUT2D eigenvalue weighted by atomic mass is 16.5. The average Bonchev–Trinajstić information content (AvgIpc) is 2.05. The lowest BCUT2D eigenvalue weighted by Gasteiger charge is -2.27. The van der Waals surface area contributed by atoms with Crippen LogP contribution in [0.3, 0.4) is 0 Å². The summed E-state index contributed by atoms with van der Waals surface area (Å²) in [6.45, 7) is 4.83. The van der Waals surface area contributed by atoms with Gasteiger partial charge in [-0.1, -0.05) is 0 Å². The van der Waals surface area contributed by atoms with Crippen LogP contribution in [0.15, 0.2) is 0 Å². The van der Waals surface area contributed by atoms with E-state index in [9.17, 15) is 0 Å². The van der Waals surface area contributed by atoms with E-state index in [1.807, 2.05) is 7.05 Å². The Hall–Kier alpha value is -0.120. The van der Waals surface area contributed by atoms with Gasteiger partial charge in [0.2, 0.25) is 0 Å². The topological polar surface area (TPSA) is 35.4 Å². The lowest BCUT2D eigenvalue weighted by molar-refractivity contribution is 0.00919. The minimum atomic E-state index is 0.291. The van der Waals surface area contributed by atoms with Gasteiger partial charge in [-0.05, 0) is 6.92 Å². The fourth-order valence-electron chi connectivity index (χ4n) is 1.06. The van der Waals surface area contributed by atoms with E-state index < -0.39 is 0 Å². The molecule has 3 nitrogen and oxygen atoms in total. The zero-order valence-electron chi connectivity index (χ0n) is 6.63. The maximum absolute atomic E-state index is 5.47. The van der Waals surface area contributed by atoms with Crippen molar-refractivity contribution in [3.05, 3.63) is 0 Å². The molecular weight excluding hydrogens is 128 g/mol. The van der Waals surface area contributed by atoms with Crippen molar-refractivity contribution in [3.63, 3.8) is 0 Å². The van der Waals surface area contributed by atoms with Crippen LogP contribution in [0.2, 0.25) is 0 Å². The van der Waals surface area contributed by atoms with Crippen molar-refractivity contribution in [1.29, 1.82) is 0 Å². The molecule has 1 N–H and O–H groups in total. The summed E-state index contributed by atoms with van der Waals surface area (Å²) in [6, 6.07) is 0.327. The second-order valence-electron chi connectivity index (χ2n) is 2.61. The summed E-state index contributed by atoms with van der Waals surface area (Å²) < 4.78 is 5.47. The Labute approximate surface area is 62.1 Å². The summed E-state index contributed by atoms with van der Waals surface area (Å²) in [7, 11) is 1.84. The van der Waals surface area contributed by atoms with Crippen LogP contribution in [0.4, 0.5) is 0 Å². The summed E-state index contributed by atoms with van der Waals surface area (Å²) in [5.74, 6) is 0. The molecule has 1 aliphatic heterocycles. The number of morpholine rings is 1. The minimum absolute atomic E-state index is 0.291. The molecule has 1 fully saturated rings. The molecule has 1 aliphatic rings. The molecule has 3 heteroatoms. The van der Waals surface area contributed by atoms with Gasteiger partial charge in [-0.25, -0.2) is 5.32 Å². The Morgan fingerprint density at radius 1 is 1.70 bits per heavy atom. The molecule has 59 valence electrons. The number of rotatable bonds is 2. The molecule has 0 saturated carbocycles. The van der Waals surface area contributed by atoms with Gasteiger partial charge in [0.1, 0.15) is 0 Å². The van der Waals surface area contributed by atoms with Crippen LogP contribution in [0.25, 0.3) is 0 Å². The maximum atomic E-state index is 5.47. The summed E-state index contributed by atoms with van der Waals surface area (Å²) in [5.41, 5.74) is 0. The first kappa shape index (κ1) is 7.98. The SMILES string of the molecule is C[N]C(C)C1CNCCO1. The quantitative estimate of drug-likeness (QED) is 0.570. The highest BCUT2D eigenvalue weighted by Gasteiger charge is 2.19. The van der Waals surface area contributed by atoms with Gasteiger partial charge in [-0.2, -0.15) is 0 Å². The fraction of sp³-hybridized carbons (Fsp3) is 1.00. The normalized spacial score (nSPS) is 30.0. The van der Waals surface area contributed by atoms with Crippen molar-refractivity contribution in [1.82, 2.24) is 10.6 Å². The first-order valence-corrected chi connectivity index (χ1v) is 3.76. The standard InChI is InChI=1S/C7H15N2O/c1-6(8-2)7-5-9-3-4-10-7/h6-7,9H,3-5H2,1-2H3. The summed E-state index contributed by atoms with van der Waals surface area (Å²) in [5, 5.41) is 7.41. The Kier molecular flexibility index (Phi) is 3.12. The molecule has 0 amide bonds. The number of hydrogen-bond donors (Lipinski definition) is 1. The molecule has 2 atom stereocenters. The molecule has 0 aromatic heterocycles. The van der Waals surface area contributed by atoms with Crippen LogP contribution in [-0.2, 0) is 4.74 Å². The van der Waals surface area contributed by atoms with Crippen LogP contribution in [0.1, 0.15) is 6.92 Å². The number of hydrogen-bond acceptors (Lipinski definition) is 2. The molecule has 1 rings (SSSR count). The molecule has 0 aromatic rings. The molecule has 0 aliphatic carbocycles. The molecule has 1 heterocycles. The zero-order chi connectivity index (χ0) is 7.40. The van der Waals surface area contributed by atoms with E-state index >= 15 is 0 Å². The minimum Gasteiger partial charge on any atom is -0.374 e. The van der Waals surface area contributed by atoms with Crippen LogP contribution in [0, 0.1) is 0 Å². The molecular formula is C7H15N2O. The third-order valence-electron chi connectivity index (χ3n) is 1.90. The number of ether oxygens (including phenoxy) is 1. The smallest absolute Gasteiger partial charge is 0.0866 e. The van der Waals surface area contributed by atoms with Gasteiger partial charge in [0.25, 0.3) is 0 Å². The Balaban J connectivity index is 2.24. The van der Waals surface area contributed by atoms with Crippen molar-refractivity contribution >= 4 is 0 Å². The summed E-state index contributed by atoms with van der Waals surface area (Å²) in [6.07, 6.45) is 0.291. The highest BCUT2D eigenvalue weighted by molar-refractivity contribution is 4.75. The summed E-state index contributed by atoms with van der Waals surface area (Å²) in [4.78, 5) is 0. The third-order valence-corrected chi connectivity index (χ3v) is 1.90. The van der Waals surface area contributed by atoms with Gasteiger partial charge in [-0.15, -0.1) is 0 Å². The second kappa shape index (κ2) is 3.91. The maximum Gasteiger partial charge on any atom is 0.0866 e. The van der Waals surface area contributed by atoms with Crippen LogP contribution in [-0.4, -0.2) is 38.9 Å². The molecule has 10 heavy (non-hydrogen) atoms. The predicted octanol–water partition coefficient (Wildman–Crippen LogP) is -0.402. The Bertz CT molecular complexity index is 91.6. The summed E-state index contributed by atoms with van der Waals surface area (Å²) >= 11 is 0. The van der Waals surface area contributed by atoms with E-state index in [1.165, 1.54) is 0 Å². The number of likely N-dealkylation sites (N-methyl/N-ethyl adjacent to an activating group) is 1. The van der Waals surface area contributed by atoms with E-state index in [-0.39, 0.29) is 0 Å². The highest BCUT2D eigenvalue weighted by Crippen LogP contribution is 2.01. The van der Waals surface area contributed by atoms with Crippen LogP contribution in [0.5, 0.6) is 0 Å². The predicted molar refractivity (Wildman–Crippen MR) is 40.1 cm³/mol. The van der Waals surface area contributed by atoms with Gasteiger partial charge in [0.05, 0.1) is 12.7 Å². The molecule has 2 unspecified atom stereocenters. The number of nitrogens with one attached hydrogen (secondary N) is 1. The van der Waals surface area contributed by atoms with Crippen molar-refractivity contribution in [2.45, 2.75) is 19.1 Å². The van der Waals surface area contributed by atoms with Crippen molar-refractivity contribution in [3.8, 4) is 0 Å². The van der Waals surface area contributed by atoms with E-state index in [1.54, 1.807) is 0 Å². The lowest BCUT2D eigenvalue weighted by atomic mass is 10.2. The van der Waals surface area contributed by atoms with Gasteiger partial charge in [-0.3, -0.25) is 0 Å². The fourth-order valence-corrected chi connectivity index (χ4v) is 1.06. The van der Waals surface area contributed by atoms with Gasteiger partial charge < -0.3 is 10.1 Å². The second-order valence-corrected chi connectivity index (χ2v) is 2.61. The van der Waals surface area contributed by atoms with Crippen LogP contribution < -0.4 is 10.6 Å². The Morgan fingerprint density at radius 3 is 3.00 bits per heavy atom. The van der Waals surface area contributed by atoms with Crippen molar-refractivity contribution < 1.29 is 4.74 Å². The molecule has 0 spiro atoms. The monoisotopic (exact) mass is 143 g/mol. The first-order chi connectivity index (χ1) is 4.84. The van der Waals surface area contributed by atoms with Gasteiger partial charge in [0, 0.05) is 26.2 Å². The van der Waals surface area contributed by atoms with E-state index in [0.717, 1.165) is 19.7 Å². The molecule has 1 radical (unpaired) electrons. The van der Waals surface area contributed by atoms with Gasteiger partial charge in [0.15, 0.2) is 0 Å². The first-order valence-electron chi connectivity index (χ1n) is 3.76. The van der Waals surface area contributed by atoms with Crippen molar-refractivity contribution in [2.24, 2.45) is 0 Å². The van der Waals surface area contributed by atoms with E-state index in [0.29, 0.717) is 12.1 Å². The van der Waals surface area contributed by atoms with E-state index in [2.05, 4.69) is 17.6 Å². The lowest BCUT2D eigenvalue weighted by Crippen LogP contribution is -2.46. The number of nitrogens with zero attached hydrogens (tertiary/aromatic N) is 1. The average molecular weight is 143 g/mol. The van der Waals surface area contributed by atoms with Crippen LogP contribution >= 0.6 is 0 Å². The zero-order valence-corrected chi connectivity index (χ0v) is 6.63. The van der Waals surface area contributed by atoms with Gasteiger partial charge >= 0.3 is 0 Å². The Morgan fingerprint density at radius 2 is 2.50 bits per heavy atom. The molecule has 0 bridgehead atoms. The van der Waals surface area contributed by atoms with Crippen molar-refractivity contribution in [2.75, 3.05) is 26.7 Å².